The number of nitrogens with zero attached hydrogens (tertiary/aromatic N) is 2. The van der Waals surface area contributed by atoms with Crippen molar-refractivity contribution in [2.75, 3.05) is 11.5 Å². The molecule has 1 aromatic rings. The van der Waals surface area contributed by atoms with Crippen LogP contribution < -0.4 is 16.2 Å². The molecule has 0 aliphatic rings. The molecule has 0 amide bonds. The molecule has 0 unspecified atom stereocenters. The van der Waals surface area contributed by atoms with E-state index in [1.165, 1.54) is 19.0 Å². The Morgan fingerprint density at radius 3 is 2.61 bits per heavy atom. The zero-order chi connectivity index (χ0) is 13.4. The zero-order valence-electron chi connectivity index (χ0n) is 10.7. The van der Waals surface area contributed by atoms with Crippen LogP contribution in [0.5, 0.6) is 5.88 Å². The monoisotopic (exact) mass is 252 g/mol. The van der Waals surface area contributed by atoms with E-state index in [0.717, 1.165) is 19.3 Å². The summed E-state index contributed by atoms with van der Waals surface area (Å²) in [5.74, 6) is -0.0113. The lowest BCUT2D eigenvalue weighted by Crippen LogP contribution is -2.10. The van der Waals surface area contributed by atoms with Gasteiger partial charge in [0.15, 0.2) is 11.6 Å². The van der Waals surface area contributed by atoms with Gasteiger partial charge in [0.05, 0.1) is 6.20 Å². The average molecular weight is 252 g/mol. The number of carbonyl (C=O) groups is 1. The normalized spacial score (nSPS) is 10.3. The number of rotatable bonds is 7. The molecule has 0 saturated carbocycles. The van der Waals surface area contributed by atoms with E-state index in [9.17, 15) is 4.79 Å². The van der Waals surface area contributed by atoms with E-state index in [-0.39, 0.29) is 23.5 Å². The first kappa shape index (κ1) is 14.2. The van der Waals surface area contributed by atoms with Crippen LogP contribution in [0, 0.1) is 0 Å². The summed E-state index contributed by atoms with van der Waals surface area (Å²) in [5.41, 5.74) is 10.9. The van der Waals surface area contributed by atoms with Crippen molar-refractivity contribution in [3.05, 3.63) is 6.20 Å². The minimum absolute atomic E-state index is 0.0724. The Morgan fingerprint density at radius 1 is 1.22 bits per heavy atom. The second kappa shape index (κ2) is 7.47. The summed E-state index contributed by atoms with van der Waals surface area (Å²) in [6, 6.07) is 0. The van der Waals surface area contributed by atoms with Gasteiger partial charge in [-0.15, -0.1) is 0 Å². The molecule has 0 aliphatic heterocycles. The number of esters is 1. The minimum atomic E-state index is -0.315. The Morgan fingerprint density at radius 2 is 1.94 bits per heavy atom. The zero-order valence-corrected chi connectivity index (χ0v) is 10.7. The van der Waals surface area contributed by atoms with Crippen LogP contribution in [-0.2, 0) is 4.79 Å². The van der Waals surface area contributed by atoms with Crippen LogP contribution in [0.2, 0.25) is 0 Å². The summed E-state index contributed by atoms with van der Waals surface area (Å²) in [6.07, 6.45) is 7.09. The fraction of sp³-hybridized carbons (Fsp3) is 0.583. The molecule has 6 heteroatoms. The van der Waals surface area contributed by atoms with Gasteiger partial charge in [-0.05, 0) is 6.42 Å². The maximum Gasteiger partial charge on any atom is 0.312 e. The van der Waals surface area contributed by atoms with Gasteiger partial charge < -0.3 is 16.2 Å². The van der Waals surface area contributed by atoms with E-state index in [4.69, 9.17) is 16.2 Å². The van der Waals surface area contributed by atoms with E-state index >= 15 is 0 Å². The quantitative estimate of drug-likeness (QED) is 0.567. The Hall–Kier alpha value is -1.85. The van der Waals surface area contributed by atoms with E-state index < -0.39 is 0 Å². The molecule has 0 atom stereocenters. The number of ether oxygens (including phenoxy) is 1. The Balaban J connectivity index is 2.29. The summed E-state index contributed by atoms with van der Waals surface area (Å²) in [4.78, 5) is 19.1. The third kappa shape index (κ3) is 4.99. The molecular weight excluding hydrogens is 232 g/mol. The molecule has 0 bridgehead atoms. The largest absolute Gasteiger partial charge is 0.406 e. The average Bonchev–Trinajstić information content (AvgIpc) is 2.34. The van der Waals surface area contributed by atoms with Crippen LogP contribution >= 0.6 is 0 Å². The summed E-state index contributed by atoms with van der Waals surface area (Å²) >= 11 is 0. The number of nitrogen functional groups attached to an aromatic ring is 2. The Bertz CT molecular complexity index is 396. The Labute approximate surface area is 107 Å². The highest BCUT2D eigenvalue weighted by atomic mass is 16.5. The van der Waals surface area contributed by atoms with Crippen molar-refractivity contribution in [2.45, 2.75) is 45.4 Å². The summed E-state index contributed by atoms with van der Waals surface area (Å²) in [7, 11) is 0. The summed E-state index contributed by atoms with van der Waals surface area (Å²) < 4.78 is 5.01. The molecule has 4 N–H and O–H groups in total. The summed E-state index contributed by atoms with van der Waals surface area (Å²) in [6.45, 7) is 2.15. The first-order valence-electron chi connectivity index (χ1n) is 6.22. The molecule has 0 aliphatic carbocycles. The standard InChI is InChI=1S/C12H20N4O2/c1-2-3-4-5-6-7-10(17)18-9-8-15-11(13)12(14)16-9/h8H,2-7H2,1H3,(H2,13,15)(H2,14,16). The van der Waals surface area contributed by atoms with E-state index in [2.05, 4.69) is 16.9 Å². The molecule has 0 spiro atoms. The number of hydrogen-bond donors (Lipinski definition) is 2. The second-order valence-corrected chi connectivity index (χ2v) is 4.12. The van der Waals surface area contributed by atoms with Gasteiger partial charge in [-0.3, -0.25) is 4.79 Å². The van der Waals surface area contributed by atoms with Crippen molar-refractivity contribution < 1.29 is 9.53 Å². The maximum absolute atomic E-state index is 11.5. The van der Waals surface area contributed by atoms with Gasteiger partial charge in [0.1, 0.15) is 0 Å². The van der Waals surface area contributed by atoms with Gasteiger partial charge in [0, 0.05) is 6.42 Å². The van der Waals surface area contributed by atoms with Gasteiger partial charge in [0.25, 0.3) is 0 Å². The maximum atomic E-state index is 11.5. The Kier molecular flexibility index (Phi) is 5.90. The van der Waals surface area contributed by atoms with Crippen molar-refractivity contribution in [3.63, 3.8) is 0 Å². The molecule has 1 aromatic heterocycles. The highest BCUT2D eigenvalue weighted by Gasteiger charge is 2.07. The predicted octanol–water partition coefficient (Wildman–Crippen LogP) is 1.91. The fourth-order valence-corrected chi connectivity index (χ4v) is 1.49. The van der Waals surface area contributed by atoms with Gasteiger partial charge in [-0.2, -0.15) is 4.98 Å². The van der Waals surface area contributed by atoms with Crippen molar-refractivity contribution in [1.29, 1.82) is 0 Å². The topological polar surface area (TPSA) is 104 Å². The molecular formula is C12H20N4O2. The number of aromatic nitrogens is 2. The number of hydrogen-bond acceptors (Lipinski definition) is 6. The molecule has 1 rings (SSSR count). The smallest absolute Gasteiger partial charge is 0.312 e. The highest BCUT2D eigenvalue weighted by molar-refractivity contribution is 5.72. The second-order valence-electron chi connectivity index (χ2n) is 4.12. The van der Waals surface area contributed by atoms with Crippen LogP contribution in [0.25, 0.3) is 0 Å². The van der Waals surface area contributed by atoms with Gasteiger partial charge >= 0.3 is 5.97 Å². The first-order valence-corrected chi connectivity index (χ1v) is 6.22. The van der Waals surface area contributed by atoms with Crippen LogP contribution in [0.3, 0.4) is 0 Å². The van der Waals surface area contributed by atoms with Gasteiger partial charge in [-0.1, -0.05) is 32.6 Å². The van der Waals surface area contributed by atoms with E-state index in [0.29, 0.717) is 6.42 Å². The molecule has 0 aromatic carbocycles. The van der Waals surface area contributed by atoms with Crippen molar-refractivity contribution in [1.82, 2.24) is 9.97 Å². The van der Waals surface area contributed by atoms with Crippen LogP contribution in [0.15, 0.2) is 6.20 Å². The summed E-state index contributed by atoms with van der Waals surface area (Å²) in [5, 5.41) is 0. The first-order chi connectivity index (χ1) is 8.63. The van der Waals surface area contributed by atoms with Crippen molar-refractivity contribution in [2.24, 2.45) is 0 Å². The van der Waals surface area contributed by atoms with Crippen LogP contribution in [-0.4, -0.2) is 15.9 Å². The predicted molar refractivity (Wildman–Crippen MR) is 69.9 cm³/mol. The van der Waals surface area contributed by atoms with Crippen LogP contribution in [0.1, 0.15) is 45.4 Å². The molecule has 18 heavy (non-hydrogen) atoms. The van der Waals surface area contributed by atoms with E-state index in [1.54, 1.807) is 0 Å². The number of carbonyl (C=O) groups excluding carboxylic acids is 1. The molecule has 1 heterocycles. The minimum Gasteiger partial charge on any atom is -0.406 e. The molecule has 0 fully saturated rings. The van der Waals surface area contributed by atoms with Crippen molar-refractivity contribution >= 4 is 17.6 Å². The fourth-order valence-electron chi connectivity index (χ4n) is 1.49. The third-order valence-electron chi connectivity index (χ3n) is 2.51. The molecule has 6 nitrogen and oxygen atoms in total. The third-order valence-corrected chi connectivity index (χ3v) is 2.51. The number of nitrogens with two attached hydrogens (primary N) is 2. The lowest BCUT2D eigenvalue weighted by atomic mass is 10.1. The van der Waals surface area contributed by atoms with Gasteiger partial charge in [-0.25, -0.2) is 4.98 Å². The number of anilines is 2. The van der Waals surface area contributed by atoms with Crippen molar-refractivity contribution in [3.8, 4) is 5.88 Å². The molecule has 0 saturated heterocycles. The lowest BCUT2D eigenvalue weighted by molar-refractivity contribution is -0.134. The highest BCUT2D eigenvalue weighted by Crippen LogP contribution is 2.14. The molecule has 100 valence electrons. The SMILES string of the molecule is CCCCCCCC(=O)Oc1cnc(N)c(N)n1. The van der Waals surface area contributed by atoms with Crippen LogP contribution in [0.4, 0.5) is 11.6 Å². The molecule has 0 radical (unpaired) electrons. The lowest BCUT2D eigenvalue weighted by Gasteiger charge is -2.04. The van der Waals surface area contributed by atoms with E-state index in [1.807, 2.05) is 0 Å². The number of unbranched alkanes of at least 4 members (excludes halogenated alkanes) is 4. The van der Waals surface area contributed by atoms with Gasteiger partial charge in [0.2, 0.25) is 5.88 Å².